The number of carbonyl (C=O) groups is 2. The SMILES string of the molecule is Cc1cc(C)n(C(C)CC(=O)N(C)CCCC(=O)O)n1. The Morgan fingerprint density at radius 2 is 2.10 bits per heavy atom. The molecule has 0 saturated carbocycles. The maximum Gasteiger partial charge on any atom is 0.303 e. The highest BCUT2D eigenvalue weighted by Crippen LogP contribution is 2.15. The third-order valence-corrected chi connectivity index (χ3v) is 3.24. The first-order valence-electron chi connectivity index (χ1n) is 6.79. The zero-order valence-electron chi connectivity index (χ0n) is 12.6. The number of amides is 1. The zero-order chi connectivity index (χ0) is 15.3. The van der Waals surface area contributed by atoms with Crippen LogP contribution in [0.3, 0.4) is 0 Å². The average Bonchev–Trinajstić information content (AvgIpc) is 2.67. The van der Waals surface area contributed by atoms with Crippen LogP contribution in [0.2, 0.25) is 0 Å². The van der Waals surface area contributed by atoms with Crippen molar-refractivity contribution in [3.8, 4) is 0 Å². The van der Waals surface area contributed by atoms with Crippen molar-refractivity contribution in [2.45, 2.75) is 46.1 Å². The minimum absolute atomic E-state index is 0.00174. The first-order chi connectivity index (χ1) is 9.31. The Balaban J connectivity index is 2.48. The quantitative estimate of drug-likeness (QED) is 0.826. The lowest BCUT2D eigenvalue weighted by Gasteiger charge is -2.20. The molecule has 1 unspecified atom stereocenters. The van der Waals surface area contributed by atoms with Crippen molar-refractivity contribution < 1.29 is 14.7 Å². The fourth-order valence-electron chi connectivity index (χ4n) is 2.18. The molecule has 6 nitrogen and oxygen atoms in total. The molecule has 1 amide bonds. The molecule has 20 heavy (non-hydrogen) atoms. The number of hydrogen-bond donors (Lipinski definition) is 1. The monoisotopic (exact) mass is 281 g/mol. The molecule has 1 heterocycles. The molecule has 0 fully saturated rings. The topological polar surface area (TPSA) is 75.4 Å². The lowest BCUT2D eigenvalue weighted by molar-refractivity contribution is -0.138. The van der Waals surface area contributed by atoms with E-state index in [1.54, 1.807) is 11.9 Å². The summed E-state index contributed by atoms with van der Waals surface area (Å²) in [6, 6.07) is 1.98. The van der Waals surface area contributed by atoms with Crippen LogP contribution in [0.25, 0.3) is 0 Å². The van der Waals surface area contributed by atoms with Gasteiger partial charge in [-0.1, -0.05) is 0 Å². The Morgan fingerprint density at radius 1 is 1.45 bits per heavy atom. The summed E-state index contributed by atoms with van der Waals surface area (Å²) in [6.45, 7) is 6.32. The predicted octanol–water partition coefficient (Wildman–Crippen LogP) is 1.77. The van der Waals surface area contributed by atoms with Gasteiger partial charge < -0.3 is 10.0 Å². The highest BCUT2D eigenvalue weighted by atomic mass is 16.4. The largest absolute Gasteiger partial charge is 0.481 e. The summed E-state index contributed by atoms with van der Waals surface area (Å²) in [5.41, 5.74) is 1.98. The van der Waals surface area contributed by atoms with Gasteiger partial charge in [-0.15, -0.1) is 0 Å². The van der Waals surface area contributed by atoms with Crippen LogP contribution in [0.4, 0.5) is 0 Å². The van der Waals surface area contributed by atoms with E-state index in [9.17, 15) is 9.59 Å². The van der Waals surface area contributed by atoms with Gasteiger partial charge in [-0.3, -0.25) is 14.3 Å². The fraction of sp³-hybridized carbons (Fsp3) is 0.643. The molecule has 1 aromatic heterocycles. The molecule has 1 aromatic rings. The maximum absolute atomic E-state index is 12.1. The second-order valence-electron chi connectivity index (χ2n) is 5.24. The number of carbonyl (C=O) groups excluding carboxylic acids is 1. The molecular weight excluding hydrogens is 258 g/mol. The van der Waals surface area contributed by atoms with Crippen LogP contribution < -0.4 is 0 Å². The highest BCUT2D eigenvalue weighted by Gasteiger charge is 2.16. The Bertz CT molecular complexity index is 482. The number of carboxylic acid groups (broad SMARTS) is 1. The lowest BCUT2D eigenvalue weighted by Crippen LogP contribution is -2.30. The van der Waals surface area contributed by atoms with Crippen molar-refractivity contribution in [3.05, 3.63) is 17.5 Å². The minimum Gasteiger partial charge on any atom is -0.481 e. The molecule has 0 aliphatic carbocycles. The standard InChI is InChI=1S/C14H23N3O3/c1-10-8-11(2)17(15-10)12(3)9-13(18)16(4)7-5-6-14(19)20/h8,12H,5-7,9H2,1-4H3,(H,19,20). The first-order valence-corrected chi connectivity index (χ1v) is 6.79. The highest BCUT2D eigenvalue weighted by molar-refractivity contribution is 5.76. The first kappa shape index (κ1) is 16.2. The number of aromatic nitrogens is 2. The Morgan fingerprint density at radius 3 is 2.60 bits per heavy atom. The summed E-state index contributed by atoms with van der Waals surface area (Å²) in [6.07, 6.45) is 0.933. The Kier molecular flexibility index (Phi) is 5.73. The maximum atomic E-state index is 12.1. The van der Waals surface area contributed by atoms with Gasteiger partial charge in [-0.2, -0.15) is 5.10 Å². The van der Waals surface area contributed by atoms with Crippen molar-refractivity contribution in [1.29, 1.82) is 0 Å². The number of hydrogen-bond acceptors (Lipinski definition) is 3. The van der Waals surface area contributed by atoms with Crippen LogP contribution in [0.5, 0.6) is 0 Å². The third kappa shape index (κ3) is 4.68. The number of aryl methyl sites for hydroxylation is 2. The van der Waals surface area contributed by atoms with Gasteiger partial charge in [0, 0.05) is 32.1 Å². The Labute approximate surface area is 119 Å². The third-order valence-electron chi connectivity index (χ3n) is 3.24. The van der Waals surface area contributed by atoms with Crippen molar-refractivity contribution in [3.63, 3.8) is 0 Å². The lowest BCUT2D eigenvalue weighted by atomic mass is 10.2. The summed E-state index contributed by atoms with van der Waals surface area (Å²) in [5, 5.41) is 13.0. The van der Waals surface area contributed by atoms with Gasteiger partial charge in [0.2, 0.25) is 5.91 Å². The molecule has 1 rings (SSSR count). The van der Waals surface area contributed by atoms with Crippen molar-refractivity contribution in [2.24, 2.45) is 0 Å². The molecule has 6 heteroatoms. The van der Waals surface area contributed by atoms with Gasteiger partial charge in [-0.05, 0) is 33.3 Å². The van der Waals surface area contributed by atoms with Crippen LogP contribution in [-0.4, -0.2) is 45.3 Å². The number of rotatable bonds is 7. The minimum atomic E-state index is -0.832. The van der Waals surface area contributed by atoms with Gasteiger partial charge in [0.15, 0.2) is 0 Å². The van der Waals surface area contributed by atoms with E-state index in [1.807, 2.05) is 31.5 Å². The molecule has 0 radical (unpaired) electrons. The number of nitrogens with zero attached hydrogens (tertiary/aromatic N) is 3. The van der Waals surface area contributed by atoms with Gasteiger partial charge in [0.25, 0.3) is 0 Å². The molecule has 0 bridgehead atoms. The van der Waals surface area contributed by atoms with E-state index in [0.29, 0.717) is 19.4 Å². The number of aliphatic carboxylic acids is 1. The Hall–Kier alpha value is -1.85. The van der Waals surface area contributed by atoms with Gasteiger partial charge in [0.1, 0.15) is 0 Å². The second kappa shape index (κ2) is 7.07. The van der Waals surface area contributed by atoms with Crippen LogP contribution >= 0.6 is 0 Å². The van der Waals surface area contributed by atoms with E-state index in [-0.39, 0.29) is 18.4 Å². The summed E-state index contributed by atoms with van der Waals surface area (Å²) in [4.78, 5) is 24.1. The summed E-state index contributed by atoms with van der Waals surface area (Å²) in [5.74, 6) is -0.822. The van der Waals surface area contributed by atoms with Crippen molar-refractivity contribution >= 4 is 11.9 Å². The van der Waals surface area contributed by atoms with Crippen LogP contribution in [0.1, 0.15) is 43.6 Å². The van der Waals surface area contributed by atoms with E-state index in [4.69, 9.17) is 5.11 Å². The average molecular weight is 281 g/mol. The normalized spacial score (nSPS) is 12.2. The molecule has 0 saturated heterocycles. The smallest absolute Gasteiger partial charge is 0.303 e. The van der Waals surface area contributed by atoms with Crippen molar-refractivity contribution in [2.75, 3.05) is 13.6 Å². The van der Waals surface area contributed by atoms with Crippen LogP contribution in [-0.2, 0) is 9.59 Å². The molecular formula is C14H23N3O3. The van der Waals surface area contributed by atoms with Gasteiger partial charge >= 0.3 is 5.97 Å². The molecule has 0 aliphatic heterocycles. The molecule has 0 aromatic carbocycles. The summed E-state index contributed by atoms with van der Waals surface area (Å²) < 4.78 is 1.86. The zero-order valence-corrected chi connectivity index (χ0v) is 12.6. The predicted molar refractivity (Wildman–Crippen MR) is 75.5 cm³/mol. The second-order valence-corrected chi connectivity index (χ2v) is 5.24. The van der Waals surface area contributed by atoms with E-state index in [1.165, 1.54) is 0 Å². The molecule has 0 spiro atoms. The van der Waals surface area contributed by atoms with E-state index in [2.05, 4.69) is 5.10 Å². The summed E-state index contributed by atoms with van der Waals surface area (Å²) in [7, 11) is 1.71. The van der Waals surface area contributed by atoms with Crippen LogP contribution in [0.15, 0.2) is 6.07 Å². The van der Waals surface area contributed by atoms with Gasteiger partial charge in [0.05, 0.1) is 11.7 Å². The molecule has 1 N–H and O–H groups in total. The van der Waals surface area contributed by atoms with E-state index >= 15 is 0 Å². The van der Waals surface area contributed by atoms with Gasteiger partial charge in [-0.25, -0.2) is 0 Å². The number of carboxylic acids is 1. The molecule has 1 atom stereocenters. The van der Waals surface area contributed by atoms with Crippen LogP contribution in [0, 0.1) is 13.8 Å². The summed E-state index contributed by atoms with van der Waals surface area (Å²) >= 11 is 0. The van der Waals surface area contributed by atoms with E-state index in [0.717, 1.165) is 11.4 Å². The van der Waals surface area contributed by atoms with Crippen molar-refractivity contribution in [1.82, 2.24) is 14.7 Å². The van der Waals surface area contributed by atoms with E-state index < -0.39 is 5.97 Å². The fourth-order valence-corrected chi connectivity index (χ4v) is 2.18. The molecule has 0 aliphatic rings. The molecule has 112 valence electrons.